The van der Waals surface area contributed by atoms with Crippen LogP contribution in [0.2, 0.25) is 5.02 Å². The first-order valence-electron chi connectivity index (χ1n) is 8.77. The first-order chi connectivity index (χ1) is 13.7. The molecule has 1 heterocycles. The van der Waals surface area contributed by atoms with E-state index in [0.29, 0.717) is 21.3 Å². The maximum Gasteiger partial charge on any atom is 0.257 e. The van der Waals surface area contributed by atoms with Crippen molar-refractivity contribution in [3.8, 4) is 0 Å². The van der Waals surface area contributed by atoms with E-state index in [4.69, 9.17) is 16.0 Å². The van der Waals surface area contributed by atoms with Crippen molar-refractivity contribution < 1.29 is 9.21 Å². The SMILES string of the molecule is O=C(CSc1nc2cc(Cl)ccc2o1)NC(c1ccccc1)c1ccccc1. The number of benzene rings is 3. The minimum Gasteiger partial charge on any atom is -0.431 e. The number of amides is 1. The van der Waals surface area contributed by atoms with E-state index in [9.17, 15) is 4.79 Å². The lowest BCUT2D eigenvalue weighted by molar-refractivity contribution is -0.119. The third kappa shape index (κ3) is 4.38. The summed E-state index contributed by atoms with van der Waals surface area (Å²) in [6, 6.07) is 24.9. The van der Waals surface area contributed by atoms with Crippen LogP contribution in [0.15, 0.2) is 88.5 Å². The molecule has 0 saturated heterocycles. The highest BCUT2D eigenvalue weighted by Crippen LogP contribution is 2.26. The normalized spacial score (nSPS) is 11.1. The van der Waals surface area contributed by atoms with Crippen LogP contribution in [0, 0.1) is 0 Å². The second-order valence-electron chi connectivity index (χ2n) is 6.20. The van der Waals surface area contributed by atoms with Crippen LogP contribution >= 0.6 is 23.4 Å². The second-order valence-corrected chi connectivity index (χ2v) is 7.57. The highest BCUT2D eigenvalue weighted by Gasteiger charge is 2.17. The van der Waals surface area contributed by atoms with Crippen molar-refractivity contribution in [2.75, 3.05) is 5.75 Å². The van der Waals surface area contributed by atoms with Crippen LogP contribution in [-0.2, 0) is 4.79 Å². The number of aromatic nitrogens is 1. The van der Waals surface area contributed by atoms with Crippen molar-refractivity contribution in [2.24, 2.45) is 0 Å². The van der Waals surface area contributed by atoms with Crippen LogP contribution < -0.4 is 5.32 Å². The van der Waals surface area contributed by atoms with Gasteiger partial charge in [0, 0.05) is 5.02 Å². The zero-order chi connectivity index (χ0) is 19.3. The molecule has 0 fully saturated rings. The number of nitrogens with one attached hydrogen (secondary N) is 1. The van der Waals surface area contributed by atoms with Gasteiger partial charge in [-0.3, -0.25) is 4.79 Å². The first-order valence-corrected chi connectivity index (χ1v) is 10.1. The largest absolute Gasteiger partial charge is 0.431 e. The van der Waals surface area contributed by atoms with Crippen molar-refractivity contribution in [1.29, 1.82) is 0 Å². The summed E-state index contributed by atoms with van der Waals surface area (Å²) in [4.78, 5) is 17.0. The lowest BCUT2D eigenvalue weighted by atomic mass is 9.99. The highest BCUT2D eigenvalue weighted by molar-refractivity contribution is 7.99. The molecule has 0 radical (unpaired) electrons. The highest BCUT2D eigenvalue weighted by atomic mass is 35.5. The molecule has 0 bridgehead atoms. The van der Waals surface area contributed by atoms with Crippen LogP contribution in [0.4, 0.5) is 0 Å². The Hall–Kier alpha value is -2.76. The summed E-state index contributed by atoms with van der Waals surface area (Å²) in [5, 5.41) is 4.16. The molecule has 4 aromatic rings. The Morgan fingerprint density at radius 3 is 2.29 bits per heavy atom. The van der Waals surface area contributed by atoms with E-state index in [1.165, 1.54) is 11.8 Å². The number of thioether (sulfide) groups is 1. The molecule has 0 aliphatic heterocycles. The third-order valence-electron chi connectivity index (χ3n) is 4.23. The Bertz CT molecular complexity index is 1040. The average Bonchev–Trinajstić information content (AvgIpc) is 3.14. The number of carbonyl (C=O) groups excluding carboxylic acids is 1. The van der Waals surface area contributed by atoms with Crippen molar-refractivity contribution in [2.45, 2.75) is 11.3 Å². The molecule has 4 nitrogen and oxygen atoms in total. The van der Waals surface area contributed by atoms with E-state index in [-0.39, 0.29) is 17.7 Å². The minimum absolute atomic E-state index is 0.0944. The summed E-state index contributed by atoms with van der Waals surface area (Å²) < 4.78 is 5.66. The van der Waals surface area contributed by atoms with Gasteiger partial charge >= 0.3 is 0 Å². The van der Waals surface area contributed by atoms with E-state index in [1.54, 1.807) is 18.2 Å². The monoisotopic (exact) mass is 408 g/mol. The first kappa shape index (κ1) is 18.6. The van der Waals surface area contributed by atoms with Gasteiger partial charge in [0.1, 0.15) is 5.52 Å². The molecule has 0 aliphatic carbocycles. The fraction of sp³-hybridized carbons (Fsp3) is 0.0909. The summed E-state index contributed by atoms with van der Waals surface area (Å²) in [6.45, 7) is 0. The molecule has 0 unspecified atom stereocenters. The fourth-order valence-corrected chi connectivity index (χ4v) is 3.74. The van der Waals surface area contributed by atoms with Gasteiger partial charge in [-0.15, -0.1) is 0 Å². The molecule has 1 aromatic heterocycles. The summed E-state index contributed by atoms with van der Waals surface area (Å²) >= 11 is 7.24. The lowest BCUT2D eigenvalue weighted by Crippen LogP contribution is -2.30. The molecule has 1 N–H and O–H groups in total. The van der Waals surface area contributed by atoms with Crippen molar-refractivity contribution in [3.05, 3.63) is 95.0 Å². The number of fused-ring (bicyclic) bond motifs is 1. The molecule has 0 spiro atoms. The maximum atomic E-state index is 12.6. The Morgan fingerprint density at radius 1 is 1.00 bits per heavy atom. The molecule has 6 heteroatoms. The number of nitrogens with zero attached hydrogens (tertiary/aromatic N) is 1. The van der Waals surface area contributed by atoms with Gasteiger partial charge < -0.3 is 9.73 Å². The number of oxazole rings is 1. The third-order valence-corrected chi connectivity index (χ3v) is 5.29. The zero-order valence-electron chi connectivity index (χ0n) is 14.8. The van der Waals surface area contributed by atoms with E-state index in [2.05, 4.69) is 10.3 Å². The predicted molar refractivity (Wildman–Crippen MR) is 113 cm³/mol. The predicted octanol–water partition coefficient (Wildman–Crippen LogP) is 5.48. The molecule has 28 heavy (non-hydrogen) atoms. The number of carbonyl (C=O) groups is 1. The Labute approximate surface area is 171 Å². The average molecular weight is 409 g/mol. The smallest absolute Gasteiger partial charge is 0.257 e. The van der Waals surface area contributed by atoms with Crippen LogP contribution in [0.25, 0.3) is 11.1 Å². The quantitative estimate of drug-likeness (QED) is 0.429. The molecule has 1 amide bonds. The molecular formula is C22H17ClN2O2S. The molecule has 0 saturated carbocycles. The van der Waals surface area contributed by atoms with Gasteiger partial charge in [0.2, 0.25) is 5.91 Å². The standard InChI is InChI=1S/C22H17ClN2O2S/c23-17-11-12-19-18(13-17)24-22(27-19)28-14-20(26)25-21(15-7-3-1-4-8-15)16-9-5-2-6-10-16/h1-13,21H,14H2,(H,25,26). The topological polar surface area (TPSA) is 55.1 Å². The summed E-state index contributed by atoms with van der Waals surface area (Å²) in [6.07, 6.45) is 0. The number of rotatable bonds is 6. The van der Waals surface area contributed by atoms with Crippen molar-refractivity contribution in [1.82, 2.24) is 10.3 Å². The van der Waals surface area contributed by atoms with Gasteiger partial charge in [-0.1, -0.05) is 84.0 Å². The summed E-state index contributed by atoms with van der Waals surface area (Å²) in [5.74, 6) is 0.111. The van der Waals surface area contributed by atoms with Crippen LogP contribution in [-0.4, -0.2) is 16.6 Å². The minimum atomic E-state index is -0.210. The van der Waals surface area contributed by atoms with Gasteiger partial charge in [0.15, 0.2) is 5.58 Å². The van der Waals surface area contributed by atoms with E-state index in [1.807, 2.05) is 60.7 Å². The maximum absolute atomic E-state index is 12.6. The van der Waals surface area contributed by atoms with Gasteiger partial charge in [-0.05, 0) is 29.3 Å². The van der Waals surface area contributed by atoms with Crippen LogP contribution in [0.5, 0.6) is 0 Å². The van der Waals surface area contributed by atoms with E-state index >= 15 is 0 Å². The van der Waals surface area contributed by atoms with Gasteiger partial charge in [-0.25, -0.2) is 4.98 Å². The Morgan fingerprint density at radius 2 is 1.64 bits per heavy atom. The van der Waals surface area contributed by atoms with E-state index in [0.717, 1.165) is 11.1 Å². The molecular weight excluding hydrogens is 392 g/mol. The molecule has 0 atom stereocenters. The van der Waals surface area contributed by atoms with Gasteiger partial charge in [-0.2, -0.15) is 0 Å². The summed E-state index contributed by atoms with van der Waals surface area (Å²) in [5.41, 5.74) is 3.40. The number of hydrogen-bond donors (Lipinski definition) is 1. The van der Waals surface area contributed by atoms with Crippen LogP contribution in [0.1, 0.15) is 17.2 Å². The van der Waals surface area contributed by atoms with E-state index < -0.39 is 0 Å². The Balaban J connectivity index is 1.46. The number of halogens is 1. The van der Waals surface area contributed by atoms with Gasteiger partial charge in [0.05, 0.1) is 11.8 Å². The fourth-order valence-electron chi connectivity index (χ4n) is 2.92. The number of hydrogen-bond acceptors (Lipinski definition) is 4. The molecule has 3 aromatic carbocycles. The Kier molecular flexibility index (Phi) is 5.65. The lowest BCUT2D eigenvalue weighted by Gasteiger charge is -2.19. The second kappa shape index (κ2) is 8.50. The van der Waals surface area contributed by atoms with Gasteiger partial charge in [0.25, 0.3) is 5.22 Å². The van der Waals surface area contributed by atoms with Crippen molar-refractivity contribution in [3.63, 3.8) is 0 Å². The zero-order valence-corrected chi connectivity index (χ0v) is 16.4. The molecule has 4 rings (SSSR count). The summed E-state index contributed by atoms with van der Waals surface area (Å²) in [7, 11) is 0. The molecule has 0 aliphatic rings. The van der Waals surface area contributed by atoms with Crippen LogP contribution in [0.3, 0.4) is 0 Å². The molecule has 140 valence electrons. The van der Waals surface area contributed by atoms with Crippen molar-refractivity contribution >= 4 is 40.4 Å².